The van der Waals surface area contributed by atoms with E-state index in [0.29, 0.717) is 0 Å². The van der Waals surface area contributed by atoms with Crippen LogP contribution in [0.3, 0.4) is 0 Å². The van der Waals surface area contributed by atoms with Gasteiger partial charge in [0.25, 0.3) is 0 Å². The van der Waals surface area contributed by atoms with Crippen LogP contribution < -0.4 is 5.32 Å². The number of hydrogen-bond donors (Lipinski definition) is 1. The summed E-state index contributed by atoms with van der Waals surface area (Å²) in [5.41, 5.74) is 1.37. The van der Waals surface area contributed by atoms with Crippen molar-refractivity contribution >= 4 is 17.3 Å². The fourth-order valence-corrected chi connectivity index (χ4v) is 7.07. The molecule has 0 atom stereocenters. The monoisotopic (exact) mass is 383 g/mol. The van der Waals surface area contributed by atoms with Crippen LogP contribution in [0.25, 0.3) is 0 Å². The Balaban J connectivity index is 1.09. The number of thiocarbonyl (C=S) groups is 1. The maximum absolute atomic E-state index is 5.68. The van der Waals surface area contributed by atoms with Gasteiger partial charge in [0.2, 0.25) is 0 Å². The van der Waals surface area contributed by atoms with Crippen molar-refractivity contribution in [1.82, 2.24) is 15.1 Å². The van der Waals surface area contributed by atoms with Gasteiger partial charge in [-0.15, -0.1) is 0 Å². The predicted octanol–water partition coefficient (Wildman–Crippen LogP) is 3.55. The van der Waals surface area contributed by atoms with Crippen LogP contribution >= 0.6 is 12.2 Å². The van der Waals surface area contributed by atoms with Gasteiger partial charge in [-0.3, -0.25) is 4.90 Å². The summed E-state index contributed by atoms with van der Waals surface area (Å²) in [5, 5.41) is 4.44. The summed E-state index contributed by atoms with van der Waals surface area (Å²) in [6, 6.07) is 11.6. The smallest absolute Gasteiger partial charge is 0.169 e. The Labute approximate surface area is 169 Å². The molecule has 3 nitrogen and oxygen atoms in total. The topological polar surface area (TPSA) is 18.5 Å². The largest absolute Gasteiger partial charge is 0.362 e. The molecule has 1 heterocycles. The molecule has 4 aliphatic carbocycles. The Morgan fingerprint density at radius 3 is 2.15 bits per heavy atom. The lowest BCUT2D eigenvalue weighted by molar-refractivity contribution is -0.0727. The number of nitrogens with zero attached hydrogens (tertiary/aromatic N) is 2. The van der Waals surface area contributed by atoms with Crippen LogP contribution in [0.4, 0.5) is 0 Å². The number of rotatable bonds is 4. The third-order valence-corrected chi connectivity index (χ3v) is 8.14. The Morgan fingerprint density at radius 2 is 1.52 bits per heavy atom. The molecule has 1 aromatic rings. The molecule has 4 saturated carbocycles. The predicted molar refractivity (Wildman–Crippen MR) is 115 cm³/mol. The first kappa shape index (κ1) is 17.9. The van der Waals surface area contributed by atoms with Gasteiger partial charge in [-0.05, 0) is 80.0 Å². The van der Waals surface area contributed by atoms with E-state index in [1.807, 2.05) is 0 Å². The first-order valence-corrected chi connectivity index (χ1v) is 11.5. The minimum absolute atomic E-state index is 0.888. The first-order chi connectivity index (χ1) is 13.3. The number of benzene rings is 1. The highest BCUT2D eigenvalue weighted by atomic mass is 32.1. The van der Waals surface area contributed by atoms with E-state index in [4.69, 9.17) is 12.2 Å². The second-order valence-corrected chi connectivity index (χ2v) is 9.80. The summed E-state index contributed by atoms with van der Waals surface area (Å²) >= 11 is 5.68. The molecule has 0 unspecified atom stereocenters. The van der Waals surface area contributed by atoms with Crippen LogP contribution in [0, 0.1) is 23.7 Å². The van der Waals surface area contributed by atoms with Crippen molar-refractivity contribution in [1.29, 1.82) is 0 Å². The van der Waals surface area contributed by atoms with Crippen LogP contribution in [0.1, 0.15) is 37.7 Å². The average Bonchev–Trinajstić information content (AvgIpc) is 2.68. The van der Waals surface area contributed by atoms with E-state index < -0.39 is 0 Å². The quantitative estimate of drug-likeness (QED) is 0.801. The minimum Gasteiger partial charge on any atom is -0.362 e. The minimum atomic E-state index is 0.888. The second-order valence-electron chi connectivity index (χ2n) is 9.41. The van der Waals surface area contributed by atoms with Crippen molar-refractivity contribution < 1.29 is 0 Å². The van der Waals surface area contributed by atoms with Crippen molar-refractivity contribution in [3.05, 3.63) is 35.9 Å². The molecule has 0 radical (unpaired) electrons. The van der Waals surface area contributed by atoms with Crippen LogP contribution in [-0.2, 0) is 6.42 Å². The normalized spacial score (nSPS) is 35.4. The van der Waals surface area contributed by atoms with E-state index in [1.165, 1.54) is 44.3 Å². The van der Waals surface area contributed by atoms with Crippen molar-refractivity contribution in [3.63, 3.8) is 0 Å². The summed E-state index contributed by atoms with van der Waals surface area (Å²) in [4.78, 5) is 5.24. The Kier molecular flexibility index (Phi) is 5.12. The molecule has 5 fully saturated rings. The zero-order valence-corrected chi connectivity index (χ0v) is 17.2. The molecular formula is C23H33N3S. The molecule has 1 aliphatic heterocycles. The summed E-state index contributed by atoms with van der Waals surface area (Å²) in [7, 11) is 0. The van der Waals surface area contributed by atoms with Crippen LogP contribution in [0.5, 0.6) is 0 Å². The SMILES string of the molecule is S=C(NCCc1ccccc1)N1CCN(C2C3CC4CC(C3)CC2C4)CC1. The van der Waals surface area contributed by atoms with Crippen LogP contribution in [-0.4, -0.2) is 53.7 Å². The van der Waals surface area contributed by atoms with Crippen molar-refractivity contribution in [3.8, 4) is 0 Å². The lowest BCUT2D eigenvalue weighted by Gasteiger charge is -2.58. The summed E-state index contributed by atoms with van der Waals surface area (Å²) in [6.07, 6.45) is 8.69. The first-order valence-electron chi connectivity index (χ1n) is 11.1. The van der Waals surface area contributed by atoms with Gasteiger partial charge in [-0.25, -0.2) is 0 Å². The number of nitrogens with one attached hydrogen (secondary N) is 1. The third kappa shape index (κ3) is 3.75. The molecule has 1 N–H and O–H groups in total. The van der Waals surface area contributed by atoms with Gasteiger partial charge in [0, 0.05) is 38.8 Å². The average molecular weight is 384 g/mol. The highest BCUT2D eigenvalue weighted by Crippen LogP contribution is 2.55. The van der Waals surface area contributed by atoms with Gasteiger partial charge >= 0.3 is 0 Å². The van der Waals surface area contributed by atoms with Crippen molar-refractivity contribution in [2.24, 2.45) is 23.7 Å². The molecule has 4 heteroatoms. The zero-order chi connectivity index (χ0) is 18.2. The zero-order valence-electron chi connectivity index (χ0n) is 16.4. The van der Waals surface area contributed by atoms with E-state index >= 15 is 0 Å². The molecule has 1 saturated heterocycles. The molecule has 0 spiro atoms. The molecule has 5 aliphatic rings. The molecule has 27 heavy (non-hydrogen) atoms. The van der Waals surface area contributed by atoms with Gasteiger partial charge in [0.1, 0.15) is 0 Å². The molecule has 0 amide bonds. The molecule has 6 rings (SSSR count). The van der Waals surface area contributed by atoms with E-state index in [2.05, 4.69) is 45.4 Å². The van der Waals surface area contributed by atoms with E-state index in [9.17, 15) is 0 Å². The summed E-state index contributed by atoms with van der Waals surface area (Å²) < 4.78 is 0. The van der Waals surface area contributed by atoms with Gasteiger partial charge in [0.05, 0.1) is 0 Å². The van der Waals surface area contributed by atoms with Gasteiger partial charge in [-0.1, -0.05) is 30.3 Å². The molecule has 1 aromatic carbocycles. The van der Waals surface area contributed by atoms with E-state index in [0.717, 1.165) is 60.9 Å². The lowest BCUT2D eigenvalue weighted by Crippen LogP contribution is -2.61. The number of hydrogen-bond acceptors (Lipinski definition) is 2. The third-order valence-electron chi connectivity index (χ3n) is 7.73. The molecular weight excluding hydrogens is 350 g/mol. The molecule has 146 valence electrons. The Hall–Kier alpha value is -1.13. The fourth-order valence-electron chi connectivity index (χ4n) is 6.79. The van der Waals surface area contributed by atoms with Crippen molar-refractivity contribution in [2.75, 3.05) is 32.7 Å². The fraction of sp³-hybridized carbons (Fsp3) is 0.696. The Morgan fingerprint density at radius 1 is 0.889 bits per heavy atom. The van der Waals surface area contributed by atoms with Gasteiger partial charge in [-0.2, -0.15) is 0 Å². The molecule has 0 aromatic heterocycles. The van der Waals surface area contributed by atoms with Crippen LogP contribution in [0.2, 0.25) is 0 Å². The van der Waals surface area contributed by atoms with Crippen LogP contribution in [0.15, 0.2) is 30.3 Å². The maximum atomic E-state index is 5.68. The lowest BCUT2D eigenvalue weighted by atomic mass is 9.54. The molecule has 4 bridgehead atoms. The van der Waals surface area contributed by atoms with Crippen molar-refractivity contribution in [2.45, 2.75) is 44.6 Å². The van der Waals surface area contributed by atoms with E-state index in [1.54, 1.807) is 6.42 Å². The Bertz CT molecular complexity index is 625. The maximum Gasteiger partial charge on any atom is 0.169 e. The highest BCUT2D eigenvalue weighted by Gasteiger charge is 2.50. The van der Waals surface area contributed by atoms with Gasteiger partial charge < -0.3 is 10.2 Å². The highest BCUT2D eigenvalue weighted by molar-refractivity contribution is 7.80. The second kappa shape index (κ2) is 7.71. The summed E-state index contributed by atoms with van der Waals surface area (Å²) in [5.74, 6) is 4.16. The van der Waals surface area contributed by atoms with Gasteiger partial charge in [0.15, 0.2) is 5.11 Å². The summed E-state index contributed by atoms with van der Waals surface area (Å²) in [6.45, 7) is 5.53. The standard InChI is InChI=1S/C23H33N3S/c27-23(24-7-6-17-4-2-1-3-5-17)26-10-8-25(9-11-26)22-20-13-18-12-19(15-20)16-21(22)14-18/h1-5,18-22H,6-16H2,(H,24,27). The number of piperazine rings is 1. The van der Waals surface area contributed by atoms with E-state index in [-0.39, 0.29) is 0 Å².